The van der Waals surface area contributed by atoms with E-state index in [9.17, 15) is 9.59 Å². The number of thiophene rings is 1. The number of ketones is 1. The second-order valence-corrected chi connectivity index (χ2v) is 8.99. The molecule has 4 nitrogen and oxygen atoms in total. The summed E-state index contributed by atoms with van der Waals surface area (Å²) >= 11 is 1.55. The fraction of sp³-hybridized carbons (Fsp3) is 0.240. The molecule has 0 aliphatic heterocycles. The van der Waals surface area contributed by atoms with Gasteiger partial charge in [0.2, 0.25) is 0 Å². The number of Topliss-reactive ketones (excluding diaryl/α,β-unsaturated/α-hetero) is 1. The van der Waals surface area contributed by atoms with Crippen LogP contribution in [0, 0.1) is 20.8 Å². The normalized spacial score (nSPS) is 11.2. The standard InChI is InChI=1S/C25H24N2O2S/c1-15-5-9-19(10-6-15)21-18(4)30-24-22(21)25(29)27(14-13-17(3)28)23(26-24)20-11-7-16(2)8-12-20/h5-12H,13-14H2,1-4H3. The summed E-state index contributed by atoms with van der Waals surface area (Å²) in [6.07, 6.45) is 0.301. The minimum Gasteiger partial charge on any atom is -0.300 e. The van der Waals surface area contributed by atoms with Gasteiger partial charge in [-0.25, -0.2) is 4.98 Å². The van der Waals surface area contributed by atoms with E-state index < -0.39 is 0 Å². The lowest BCUT2D eigenvalue weighted by Crippen LogP contribution is -2.24. The third kappa shape index (κ3) is 3.73. The molecule has 2 heterocycles. The SMILES string of the molecule is CC(=O)CCn1c(-c2ccc(C)cc2)nc2sc(C)c(-c3ccc(C)cc3)c2c1=O. The first-order valence-electron chi connectivity index (χ1n) is 10.0. The Bertz CT molecular complexity index is 1300. The molecule has 0 saturated heterocycles. The molecule has 0 fully saturated rings. The lowest BCUT2D eigenvalue weighted by Gasteiger charge is -2.13. The van der Waals surface area contributed by atoms with E-state index in [1.807, 2.05) is 45.0 Å². The van der Waals surface area contributed by atoms with E-state index in [4.69, 9.17) is 4.98 Å². The topological polar surface area (TPSA) is 52.0 Å². The predicted molar refractivity (Wildman–Crippen MR) is 124 cm³/mol. The number of rotatable bonds is 5. The number of carbonyl (C=O) groups excluding carboxylic acids is 1. The first-order chi connectivity index (χ1) is 14.3. The van der Waals surface area contributed by atoms with Gasteiger partial charge >= 0.3 is 0 Å². The van der Waals surface area contributed by atoms with Crippen molar-refractivity contribution in [3.8, 4) is 22.5 Å². The fourth-order valence-corrected chi connectivity index (χ4v) is 4.70. The van der Waals surface area contributed by atoms with Crippen LogP contribution in [0.5, 0.6) is 0 Å². The van der Waals surface area contributed by atoms with Crippen LogP contribution in [-0.2, 0) is 11.3 Å². The number of fused-ring (bicyclic) bond motifs is 1. The summed E-state index contributed by atoms with van der Waals surface area (Å²) in [5, 5.41) is 0.640. The van der Waals surface area contributed by atoms with Gasteiger partial charge in [0, 0.05) is 29.0 Å². The molecule has 5 heteroatoms. The third-order valence-corrected chi connectivity index (χ3v) is 6.32. The average Bonchev–Trinajstić information content (AvgIpc) is 3.04. The molecular formula is C25H24N2O2S. The van der Waals surface area contributed by atoms with Gasteiger partial charge < -0.3 is 0 Å². The highest BCUT2D eigenvalue weighted by atomic mass is 32.1. The van der Waals surface area contributed by atoms with Crippen molar-refractivity contribution in [1.82, 2.24) is 9.55 Å². The smallest absolute Gasteiger partial charge is 0.263 e. The van der Waals surface area contributed by atoms with E-state index in [1.165, 1.54) is 5.56 Å². The second-order valence-electron chi connectivity index (χ2n) is 7.79. The summed E-state index contributed by atoms with van der Waals surface area (Å²) in [6, 6.07) is 16.2. The van der Waals surface area contributed by atoms with Crippen molar-refractivity contribution < 1.29 is 4.79 Å². The third-order valence-electron chi connectivity index (χ3n) is 5.33. The highest BCUT2D eigenvalue weighted by Crippen LogP contribution is 2.36. The number of carbonyl (C=O) groups is 1. The molecule has 2 aromatic heterocycles. The molecule has 2 aromatic carbocycles. The maximum Gasteiger partial charge on any atom is 0.263 e. The Morgan fingerprint density at radius 1 is 0.933 bits per heavy atom. The minimum absolute atomic E-state index is 0.0529. The molecule has 0 saturated carbocycles. The zero-order valence-electron chi connectivity index (χ0n) is 17.7. The first kappa shape index (κ1) is 20.2. The van der Waals surface area contributed by atoms with Crippen molar-refractivity contribution in [3.63, 3.8) is 0 Å². The van der Waals surface area contributed by atoms with Gasteiger partial charge in [-0.1, -0.05) is 59.7 Å². The molecular weight excluding hydrogens is 392 g/mol. The number of aryl methyl sites for hydroxylation is 3. The Labute approximate surface area is 179 Å². The summed E-state index contributed by atoms with van der Waals surface area (Å²) < 4.78 is 1.66. The molecule has 0 bridgehead atoms. The largest absolute Gasteiger partial charge is 0.300 e. The van der Waals surface area contributed by atoms with Crippen LogP contribution in [0.3, 0.4) is 0 Å². The van der Waals surface area contributed by atoms with Crippen molar-refractivity contribution >= 4 is 27.3 Å². The molecule has 0 amide bonds. The molecule has 0 spiro atoms. The lowest BCUT2D eigenvalue weighted by atomic mass is 10.0. The van der Waals surface area contributed by atoms with Crippen LogP contribution in [0.1, 0.15) is 29.3 Å². The average molecular weight is 417 g/mol. The Morgan fingerprint density at radius 3 is 2.07 bits per heavy atom. The van der Waals surface area contributed by atoms with Gasteiger partial charge in [-0.2, -0.15) is 0 Å². The summed E-state index contributed by atoms with van der Waals surface area (Å²) in [5.74, 6) is 0.669. The van der Waals surface area contributed by atoms with Crippen LogP contribution in [0.2, 0.25) is 0 Å². The van der Waals surface area contributed by atoms with Crippen LogP contribution in [0.25, 0.3) is 32.7 Å². The Balaban J connectivity index is 2.00. The van der Waals surface area contributed by atoms with Gasteiger partial charge in [-0.05, 0) is 33.3 Å². The summed E-state index contributed by atoms with van der Waals surface area (Å²) in [7, 11) is 0. The quantitative estimate of drug-likeness (QED) is 0.419. The lowest BCUT2D eigenvalue weighted by molar-refractivity contribution is -0.117. The van der Waals surface area contributed by atoms with E-state index in [1.54, 1.807) is 22.8 Å². The zero-order chi connectivity index (χ0) is 21.4. The van der Waals surface area contributed by atoms with Gasteiger partial charge in [0.15, 0.2) is 0 Å². The van der Waals surface area contributed by atoms with Gasteiger partial charge in [0.05, 0.1) is 5.39 Å². The van der Waals surface area contributed by atoms with Gasteiger partial charge in [-0.15, -0.1) is 11.3 Å². The molecule has 0 aliphatic rings. The predicted octanol–water partition coefficient (Wildman–Crippen LogP) is 5.70. The molecule has 4 rings (SSSR count). The van der Waals surface area contributed by atoms with Crippen molar-refractivity contribution in [1.29, 1.82) is 0 Å². The molecule has 0 atom stereocenters. The second kappa shape index (κ2) is 8.00. The number of benzene rings is 2. The maximum atomic E-state index is 13.7. The van der Waals surface area contributed by atoms with E-state index in [-0.39, 0.29) is 11.3 Å². The van der Waals surface area contributed by atoms with E-state index in [0.29, 0.717) is 24.2 Å². The summed E-state index contributed by atoms with van der Waals surface area (Å²) in [5.41, 5.74) is 5.08. The minimum atomic E-state index is -0.0863. The number of hydrogen-bond acceptors (Lipinski definition) is 4. The Morgan fingerprint density at radius 2 is 1.50 bits per heavy atom. The molecule has 0 radical (unpaired) electrons. The van der Waals surface area contributed by atoms with Crippen molar-refractivity contribution in [2.45, 2.75) is 40.7 Å². The van der Waals surface area contributed by atoms with Crippen LogP contribution in [0.15, 0.2) is 53.3 Å². The monoisotopic (exact) mass is 416 g/mol. The molecule has 0 unspecified atom stereocenters. The van der Waals surface area contributed by atoms with Gasteiger partial charge in [-0.3, -0.25) is 14.2 Å². The number of hydrogen-bond donors (Lipinski definition) is 0. The molecule has 0 aliphatic carbocycles. The fourth-order valence-electron chi connectivity index (χ4n) is 3.66. The van der Waals surface area contributed by atoms with Crippen LogP contribution in [0.4, 0.5) is 0 Å². The molecule has 0 N–H and O–H groups in total. The first-order valence-corrected chi connectivity index (χ1v) is 10.8. The molecule has 152 valence electrons. The highest BCUT2D eigenvalue weighted by Gasteiger charge is 2.20. The van der Waals surface area contributed by atoms with Crippen molar-refractivity contribution in [3.05, 3.63) is 74.9 Å². The van der Waals surface area contributed by atoms with Gasteiger partial charge in [0.1, 0.15) is 16.4 Å². The van der Waals surface area contributed by atoms with E-state index in [2.05, 4.69) is 24.3 Å². The summed E-state index contributed by atoms with van der Waals surface area (Å²) in [4.78, 5) is 32.1. The highest BCUT2D eigenvalue weighted by molar-refractivity contribution is 7.19. The van der Waals surface area contributed by atoms with E-state index in [0.717, 1.165) is 32.0 Å². The zero-order valence-corrected chi connectivity index (χ0v) is 18.5. The van der Waals surface area contributed by atoms with Crippen molar-refractivity contribution in [2.75, 3.05) is 0 Å². The number of aromatic nitrogens is 2. The Kier molecular flexibility index (Phi) is 5.39. The summed E-state index contributed by atoms with van der Waals surface area (Å²) in [6.45, 7) is 7.98. The van der Waals surface area contributed by atoms with Crippen molar-refractivity contribution in [2.24, 2.45) is 0 Å². The van der Waals surface area contributed by atoms with Crippen LogP contribution in [-0.4, -0.2) is 15.3 Å². The van der Waals surface area contributed by atoms with E-state index >= 15 is 0 Å². The van der Waals surface area contributed by atoms with Gasteiger partial charge in [0.25, 0.3) is 5.56 Å². The van der Waals surface area contributed by atoms with Crippen LogP contribution < -0.4 is 5.56 Å². The maximum absolute atomic E-state index is 13.7. The molecule has 4 aromatic rings. The number of nitrogens with zero attached hydrogens (tertiary/aromatic N) is 2. The van der Waals surface area contributed by atoms with Crippen LogP contribution >= 0.6 is 11.3 Å². The molecule has 30 heavy (non-hydrogen) atoms. The Hall–Kier alpha value is -3.05.